The van der Waals surface area contributed by atoms with Crippen molar-refractivity contribution in [1.82, 2.24) is 0 Å². The van der Waals surface area contributed by atoms with E-state index in [-0.39, 0.29) is 11.7 Å². The number of hydrogen-bond donors (Lipinski definition) is 1. The van der Waals surface area contributed by atoms with Crippen molar-refractivity contribution in [2.45, 2.75) is 44.9 Å². The zero-order chi connectivity index (χ0) is 20.0. The molecule has 0 spiro atoms. The van der Waals surface area contributed by atoms with Crippen LogP contribution in [-0.2, 0) is 14.9 Å². The van der Waals surface area contributed by atoms with Gasteiger partial charge in [-0.1, -0.05) is 31.5 Å². The van der Waals surface area contributed by atoms with Crippen LogP contribution in [-0.4, -0.2) is 25.7 Å². The monoisotopic (exact) mass is 385 g/mol. The molecule has 28 heavy (non-hydrogen) atoms. The number of nitrogens with one attached hydrogen (secondary N) is 1. The quantitative estimate of drug-likeness (QED) is 0.682. The van der Waals surface area contributed by atoms with E-state index in [0.29, 0.717) is 43.9 Å². The van der Waals surface area contributed by atoms with Crippen LogP contribution in [0.15, 0.2) is 42.5 Å². The van der Waals surface area contributed by atoms with Gasteiger partial charge in [0, 0.05) is 24.5 Å². The largest absolute Gasteiger partial charge is 0.493 e. The number of amides is 1. The average molecular weight is 385 g/mol. The molecular weight excluding hydrogens is 357 g/mol. The maximum absolute atomic E-state index is 14.5. The van der Waals surface area contributed by atoms with E-state index in [1.807, 2.05) is 25.1 Å². The minimum absolute atomic E-state index is 0.194. The summed E-state index contributed by atoms with van der Waals surface area (Å²) in [6, 6.07) is 12.1. The van der Waals surface area contributed by atoms with Crippen LogP contribution >= 0.6 is 0 Å². The first kappa shape index (κ1) is 20.3. The maximum atomic E-state index is 14.5. The van der Waals surface area contributed by atoms with Gasteiger partial charge in [-0.3, -0.25) is 4.79 Å². The van der Waals surface area contributed by atoms with Gasteiger partial charge in [-0.05, 0) is 56.0 Å². The minimum atomic E-state index is -0.923. The number of carbonyl (C=O) groups is 1. The molecule has 4 nitrogen and oxygen atoms in total. The number of ether oxygens (including phenoxy) is 2. The molecule has 0 aromatic heterocycles. The second-order valence-electron chi connectivity index (χ2n) is 7.31. The Morgan fingerprint density at radius 2 is 1.96 bits per heavy atom. The van der Waals surface area contributed by atoms with E-state index < -0.39 is 5.41 Å². The first-order valence-electron chi connectivity index (χ1n) is 9.94. The number of hydrogen-bond acceptors (Lipinski definition) is 3. The van der Waals surface area contributed by atoms with Crippen LogP contribution in [0.5, 0.6) is 5.75 Å². The molecule has 2 aromatic carbocycles. The van der Waals surface area contributed by atoms with Crippen molar-refractivity contribution in [2.75, 3.05) is 25.1 Å². The number of carbonyl (C=O) groups excluding carboxylic acids is 1. The van der Waals surface area contributed by atoms with Crippen molar-refractivity contribution in [2.24, 2.45) is 0 Å². The highest BCUT2D eigenvalue weighted by Crippen LogP contribution is 2.37. The summed E-state index contributed by atoms with van der Waals surface area (Å²) < 4.78 is 25.8. The molecule has 1 saturated heterocycles. The van der Waals surface area contributed by atoms with Crippen LogP contribution in [0.1, 0.15) is 43.7 Å². The van der Waals surface area contributed by atoms with E-state index >= 15 is 0 Å². The Morgan fingerprint density at radius 3 is 2.64 bits per heavy atom. The second-order valence-corrected chi connectivity index (χ2v) is 7.31. The van der Waals surface area contributed by atoms with E-state index in [9.17, 15) is 9.18 Å². The lowest BCUT2D eigenvalue weighted by Gasteiger charge is -2.36. The van der Waals surface area contributed by atoms with Crippen molar-refractivity contribution < 1.29 is 18.7 Å². The van der Waals surface area contributed by atoms with Crippen molar-refractivity contribution >= 4 is 11.6 Å². The number of unbranched alkanes of at least 4 members (excludes halogenated alkanes) is 1. The Bertz CT molecular complexity index is 815. The molecule has 5 heteroatoms. The van der Waals surface area contributed by atoms with E-state index in [1.54, 1.807) is 18.2 Å². The molecule has 0 radical (unpaired) electrons. The standard InChI is InChI=1S/C23H28FNO3/c1-3-4-13-28-21-10-9-18(16-17(21)2)25-22(26)23(11-14-27-15-12-23)19-7-5-6-8-20(19)24/h5-10,16H,3-4,11-15H2,1-2H3,(H,25,26). The molecule has 150 valence electrons. The van der Waals surface area contributed by atoms with Gasteiger partial charge in [0.25, 0.3) is 0 Å². The number of rotatable bonds is 7. The van der Waals surface area contributed by atoms with Gasteiger partial charge in [0.1, 0.15) is 11.6 Å². The number of halogens is 1. The van der Waals surface area contributed by atoms with Crippen LogP contribution < -0.4 is 10.1 Å². The topological polar surface area (TPSA) is 47.6 Å². The highest BCUT2D eigenvalue weighted by molar-refractivity contribution is 5.99. The zero-order valence-electron chi connectivity index (χ0n) is 16.6. The van der Waals surface area contributed by atoms with Crippen molar-refractivity contribution in [1.29, 1.82) is 0 Å². The van der Waals surface area contributed by atoms with Crippen LogP contribution in [0, 0.1) is 12.7 Å². The Labute approximate surface area is 166 Å². The van der Waals surface area contributed by atoms with Crippen molar-refractivity contribution in [3.63, 3.8) is 0 Å². The number of anilines is 1. The summed E-state index contributed by atoms with van der Waals surface area (Å²) >= 11 is 0. The Hall–Kier alpha value is -2.40. The highest BCUT2D eigenvalue weighted by Gasteiger charge is 2.43. The van der Waals surface area contributed by atoms with E-state index in [2.05, 4.69) is 12.2 Å². The third-order valence-corrected chi connectivity index (χ3v) is 5.36. The van der Waals surface area contributed by atoms with E-state index in [0.717, 1.165) is 24.2 Å². The summed E-state index contributed by atoms with van der Waals surface area (Å²) in [5.74, 6) is 0.275. The van der Waals surface area contributed by atoms with Gasteiger partial charge in [0.15, 0.2) is 0 Å². The molecule has 0 atom stereocenters. The van der Waals surface area contributed by atoms with Crippen LogP contribution in [0.3, 0.4) is 0 Å². The van der Waals surface area contributed by atoms with Crippen LogP contribution in [0.2, 0.25) is 0 Å². The smallest absolute Gasteiger partial charge is 0.235 e. The van der Waals surface area contributed by atoms with E-state index in [1.165, 1.54) is 6.07 Å². The summed E-state index contributed by atoms with van der Waals surface area (Å²) in [5, 5.41) is 3.00. The number of benzene rings is 2. The van der Waals surface area contributed by atoms with Gasteiger partial charge in [-0.15, -0.1) is 0 Å². The molecule has 1 aliphatic heterocycles. The molecule has 1 heterocycles. The number of aryl methyl sites for hydroxylation is 1. The summed E-state index contributed by atoms with van der Waals surface area (Å²) in [7, 11) is 0. The third-order valence-electron chi connectivity index (χ3n) is 5.36. The normalized spacial score (nSPS) is 15.8. The third kappa shape index (κ3) is 4.36. The molecule has 3 rings (SSSR count). The van der Waals surface area contributed by atoms with Crippen LogP contribution in [0.4, 0.5) is 10.1 Å². The summed E-state index contributed by atoms with van der Waals surface area (Å²) in [6.45, 7) is 5.63. The molecule has 1 fully saturated rings. The molecule has 1 amide bonds. The predicted molar refractivity (Wildman–Crippen MR) is 108 cm³/mol. The fourth-order valence-electron chi connectivity index (χ4n) is 3.65. The lowest BCUT2D eigenvalue weighted by molar-refractivity contribution is -0.125. The Morgan fingerprint density at radius 1 is 1.21 bits per heavy atom. The molecule has 0 bridgehead atoms. The molecular formula is C23H28FNO3. The van der Waals surface area contributed by atoms with Gasteiger partial charge in [-0.2, -0.15) is 0 Å². The summed E-state index contributed by atoms with van der Waals surface area (Å²) in [4.78, 5) is 13.3. The van der Waals surface area contributed by atoms with Gasteiger partial charge in [0.2, 0.25) is 5.91 Å². The SMILES string of the molecule is CCCCOc1ccc(NC(=O)C2(c3ccccc3F)CCOCC2)cc1C. The summed E-state index contributed by atoms with van der Waals surface area (Å²) in [6.07, 6.45) is 2.99. The molecule has 1 aliphatic rings. The molecule has 0 unspecified atom stereocenters. The first-order valence-corrected chi connectivity index (χ1v) is 9.94. The zero-order valence-corrected chi connectivity index (χ0v) is 16.6. The lowest BCUT2D eigenvalue weighted by Crippen LogP contribution is -2.45. The molecule has 2 aromatic rings. The molecule has 1 N–H and O–H groups in total. The maximum Gasteiger partial charge on any atom is 0.235 e. The average Bonchev–Trinajstić information content (AvgIpc) is 2.70. The second kappa shape index (κ2) is 9.20. The van der Waals surface area contributed by atoms with Gasteiger partial charge in [0.05, 0.1) is 12.0 Å². The minimum Gasteiger partial charge on any atom is -0.493 e. The van der Waals surface area contributed by atoms with Gasteiger partial charge in [-0.25, -0.2) is 4.39 Å². The van der Waals surface area contributed by atoms with Gasteiger partial charge >= 0.3 is 0 Å². The molecule has 0 saturated carbocycles. The fourth-order valence-corrected chi connectivity index (χ4v) is 3.65. The van der Waals surface area contributed by atoms with Crippen molar-refractivity contribution in [3.05, 3.63) is 59.4 Å². The summed E-state index contributed by atoms with van der Waals surface area (Å²) in [5.41, 5.74) is 1.16. The van der Waals surface area contributed by atoms with Crippen LogP contribution in [0.25, 0.3) is 0 Å². The lowest BCUT2D eigenvalue weighted by atomic mass is 9.73. The highest BCUT2D eigenvalue weighted by atomic mass is 19.1. The molecule has 0 aliphatic carbocycles. The van der Waals surface area contributed by atoms with Gasteiger partial charge < -0.3 is 14.8 Å². The Balaban J connectivity index is 1.81. The Kier molecular flexibility index (Phi) is 6.68. The first-order chi connectivity index (χ1) is 13.6. The van der Waals surface area contributed by atoms with Crippen molar-refractivity contribution in [3.8, 4) is 5.75 Å². The predicted octanol–water partition coefficient (Wildman–Crippen LogP) is 5.00. The fraction of sp³-hybridized carbons (Fsp3) is 0.435. The van der Waals surface area contributed by atoms with E-state index in [4.69, 9.17) is 9.47 Å².